The van der Waals surface area contributed by atoms with Crippen LogP contribution in [0, 0.1) is 18.5 Å². The van der Waals surface area contributed by atoms with Crippen LogP contribution in [0.15, 0.2) is 206 Å². The van der Waals surface area contributed by atoms with Crippen LogP contribution in [0.5, 0.6) is 11.5 Å². The van der Waals surface area contributed by atoms with E-state index in [-0.39, 0.29) is 60.3 Å². The minimum atomic E-state index is -4.78. The van der Waals surface area contributed by atoms with E-state index in [2.05, 4.69) is 39.2 Å². The first kappa shape index (κ1) is 28.7. The summed E-state index contributed by atoms with van der Waals surface area (Å²) in [5, 5.41) is 1.70. The monoisotopic (exact) mass is 1280 g/mol. The van der Waals surface area contributed by atoms with Crippen molar-refractivity contribution in [1.29, 1.82) is 0 Å². The number of para-hydroxylation sites is 3. The number of nitrogens with zero attached hydrogens (tertiary/aromatic N) is 4. The van der Waals surface area contributed by atoms with Gasteiger partial charge in [-0.05, 0) is 149 Å². The quantitative estimate of drug-likeness (QED) is 0.107. The molecule has 0 unspecified atom stereocenters. The van der Waals surface area contributed by atoms with Gasteiger partial charge in [-0.15, -0.1) is 29.7 Å². The first-order valence-corrected chi connectivity index (χ1v) is 25.8. The Morgan fingerprint density at radius 2 is 1.20 bits per heavy atom. The molecule has 13 rings (SSSR count). The summed E-state index contributed by atoms with van der Waals surface area (Å²) in [4.78, 5) is 4.79. The van der Waals surface area contributed by atoms with E-state index in [1.807, 2.05) is 47.0 Å². The third-order valence-corrected chi connectivity index (χ3v) is 14.2. The predicted molar refractivity (Wildman–Crippen MR) is 334 cm³/mol. The molecule has 5 nitrogen and oxygen atoms in total. The van der Waals surface area contributed by atoms with Crippen LogP contribution < -0.4 is 9.30 Å². The Bertz CT molecular complexity index is 5870. The Balaban J connectivity index is 0.0000120. The Labute approximate surface area is 543 Å². The molecule has 1 aliphatic carbocycles. The number of benzene rings is 9. The van der Waals surface area contributed by atoms with E-state index >= 15 is 0 Å². The van der Waals surface area contributed by atoms with Gasteiger partial charge in [-0.25, -0.2) is 4.98 Å². The smallest absolute Gasteiger partial charge is 0.268 e. The van der Waals surface area contributed by atoms with Gasteiger partial charge in [0, 0.05) is 66.2 Å². The van der Waals surface area contributed by atoms with E-state index in [1.54, 1.807) is 63.4 Å². The minimum Gasteiger partial charge on any atom is -0.510 e. The number of imidazole rings is 1. The average Bonchev–Trinajstić information content (AvgIpc) is 0.687. The van der Waals surface area contributed by atoms with Crippen LogP contribution in [-0.2, 0) is 42.7 Å². The largest absolute Gasteiger partial charge is 0.510 e. The Morgan fingerprint density at radius 3 is 1.88 bits per heavy atom. The predicted octanol–water partition coefficient (Wildman–Crippen LogP) is 19.2. The Morgan fingerprint density at radius 1 is 0.573 bits per heavy atom. The number of hydrogen-bond acceptors (Lipinski definition) is 2. The number of fused-ring (bicyclic) bond motifs is 5. The number of rotatable bonds is 9. The summed E-state index contributed by atoms with van der Waals surface area (Å²) in [5.74, 6) is 0.862. The molecule has 0 aliphatic heterocycles. The maximum absolute atomic E-state index is 10.7. The molecule has 0 atom stereocenters. The van der Waals surface area contributed by atoms with Crippen molar-refractivity contribution in [2.45, 2.75) is 103 Å². The van der Waals surface area contributed by atoms with Gasteiger partial charge in [0.2, 0.25) is 0 Å². The molecule has 410 valence electrons. The molecule has 9 aromatic carbocycles. The SMILES string of the molecule is [2H]c1c([2H])c([2H])c(-c2c([2H])c(-c3cc(C(C)(C)C)cc(-c4c([2H])c([2H])c5c(c4[2H])C(C([2H])([2H])[2H])(C([2H])([2H])[2H])C([2H])([2H])C([2H])([2H])C5(C([2H])([2H])[2H])C([2H])([2H])[2H])c3-[n+]3[c-]n(-c4[c-]c(Oc5[c-]c6c(cc5)c5ccccc5n6-c5cc(C(C)(C)C)ccn5)ccc4)c4ccccc43)c([2H])c(-c3c([2H])c([2H])c([2H])c([2H])c3[2H])c2[2H])c([2H])c1[2H].[Pt]. The van der Waals surface area contributed by atoms with Crippen molar-refractivity contribution in [1.82, 2.24) is 14.1 Å². The number of ether oxygens (including phenoxy) is 1. The van der Waals surface area contributed by atoms with E-state index in [4.69, 9.17) is 26.2 Å². The van der Waals surface area contributed by atoms with Gasteiger partial charge in [-0.3, -0.25) is 4.57 Å². The molecule has 0 radical (unpaired) electrons. The fourth-order valence-electron chi connectivity index (χ4n) is 10.0. The molecule has 12 aromatic rings. The summed E-state index contributed by atoms with van der Waals surface area (Å²) >= 11 is 0. The van der Waals surface area contributed by atoms with Gasteiger partial charge in [0.15, 0.2) is 0 Å². The first-order valence-electron chi connectivity index (χ1n) is 41.8. The van der Waals surface area contributed by atoms with Gasteiger partial charge in [0.1, 0.15) is 5.82 Å². The van der Waals surface area contributed by atoms with Crippen LogP contribution in [0.4, 0.5) is 0 Å². The van der Waals surface area contributed by atoms with Gasteiger partial charge < -0.3 is 13.9 Å². The summed E-state index contributed by atoms with van der Waals surface area (Å²) in [7, 11) is 0. The number of pyridine rings is 1. The average molecular weight is 1280 g/mol. The van der Waals surface area contributed by atoms with Crippen molar-refractivity contribution in [3.8, 4) is 73.2 Å². The molecule has 0 saturated heterocycles. The van der Waals surface area contributed by atoms with Crippen LogP contribution >= 0.6 is 0 Å². The molecular weight excluding hydrogens is 1180 g/mol. The van der Waals surface area contributed by atoms with Crippen LogP contribution in [0.2, 0.25) is 0 Å². The molecule has 0 N–H and O–H groups in total. The van der Waals surface area contributed by atoms with Crippen LogP contribution in [0.1, 0.15) is 148 Å². The van der Waals surface area contributed by atoms with Gasteiger partial charge in [-0.1, -0.05) is 208 Å². The standard InChI is InChI=1S/C76H68N4O.Pt/c1-73(2,3)56-36-39-77-71(46-56)80-67-29-18-17-28-61(67)62-34-33-60(48-70(62)80)81-59-27-21-26-58(47-59)78-49-79(69-31-20-19-30-68(69)78)72-63(52-32-35-65-66(43-52)76(9,10)38-37-75(65,7)8)44-57(74(4,5)6)45-64(72)55-41-53(50-22-13-11-14-23-50)40-54(42-55)51-24-15-12-16-25-51;/h11-36,39-46H,37-38H2,1-10H3;/q-2;/i7D3,8D3,9D3,10D3,11D,12D,13D,14D,15D,16D,22D,23D,24D,25D,32D,35D,37D2,38D2,40D,41D,42D,43D;. The zero-order valence-corrected chi connectivity index (χ0v) is 47.2. The molecule has 3 aromatic heterocycles. The molecule has 1 aliphatic rings. The zero-order valence-electron chi connectivity index (χ0n) is 76.9. The van der Waals surface area contributed by atoms with Crippen LogP contribution in [0.3, 0.4) is 0 Å². The van der Waals surface area contributed by atoms with Crippen molar-refractivity contribution >= 4 is 32.8 Å². The van der Waals surface area contributed by atoms with Gasteiger partial charge >= 0.3 is 0 Å². The first-order chi connectivity index (χ1) is 52.1. The molecule has 0 fully saturated rings. The maximum atomic E-state index is 10.7. The molecular formula is C76H68N4OPt-2. The van der Waals surface area contributed by atoms with Crippen molar-refractivity contribution in [3.63, 3.8) is 0 Å². The van der Waals surface area contributed by atoms with E-state index in [0.717, 1.165) is 21.9 Å². The van der Waals surface area contributed by atoms with E-state index in [0.29, 0.717) is 11.3 Å². The Kier molecular flexibility index (Phi) is 7.25. The zero-order chi connectivity index (χ0) is 83.5. The summed E-state index contributed by atoms with van der Waals surface area (Å²) < 4.78 is 311. The third kappa shape index (κ3) is 9.91. The molecule has 0 amide bonds. The third-order valence-electron chi connectivity index (χ3n) is 14.2. The van der Waals surface area contributed by atoms with Crippen LogP contribution in [0.25, 0.3) is 94.5 Å². The summed E-state index contributed by atoms with van der Waals surface area (Å²) in [6, 6.07) is 17.2. The molecule has 82 heavy (non-hydrogen) atoms. The summed E-state index contributed by atoms with van der Waals surface area (Å²) in [5.41, 5.74) is -19.1. The topological polar surface area (TPSA) is 35.9 Å². The maximum Gasteiger partial charge on any atom is 0.268 e. The molecule has 0 saturated carbocycles. The second-order valence-electron chi connectivity index (χ2n) is 21.8. The van der Waals surface area contributed by atoms with Gasteiger partial charge in [0.05, 0.1) is 38.7 Å². The van der Waals surface area contributed by atoms with Gasteiger partial charge in [-0.2, -0.15) is 18.2 Å². The Hall–Kier alpha value is -8.11. The molecule has 3 heterocycles. The van der Waals surface area contributed by atoms with Crippen molar-refractivity contribution in [2.75, 3.05) is 0 Å². The number of aromatic nitrogens is 4. The van der Waals surface area contributed by atoms with Gasteiger partial charge in [0.25, 0.3) is 6.33 Å². The van der Waals surface area contributed by atoms with Crippen molar-refractivity contribution < 1.29 is 74.2 Å². The number of hydrogen-bond donors (Lipinski definition) is 0. The van der Waals surface area contributed by atoms with Crippen molar-refractivity contribution in [3.05, 3.63) is 247 Å². The second-order valence-corrected chi connectivity index (χ2v) is 21.8. The van der Waals surface area contributed by atoms with Crippen molar-refractivity contribution in [2.24, 2.45) is 0 Å². The summed E-state index contributed by atoms with van der Waals surface area (Å²) in [6.07, 6.45) is -4.52. The minimum absolute atomic E-state index is 0. The molecule has 6 heteroatoms. The van der Waals surface area contributed by atoms with Crippen LogP contribution in [-0.4, -0.2) is 14.1 Å². The second kappa shape index (κ2) is 20.7. The molecule has 0 bridgehead atoms. The molecule has 0 spiro atoms. The van der Waals surface area contributed by atoms with E-state index < -0.39 is 214 Å². The normalized spacial score (nSPS) is 21.4. The fourth-order valence-corrected chi connectivity index (χ4v) is 10.0. The fraction of sp³-hybridized carbons (Fsp3) is 0.211. The summed E-state index contributed by atoms with van der Waals surface area (Å²) in [6.45, 7) is -6.90. The van der Waals surface area contributed by atoms with E-state index in [9.17, 15) is 27.4 Å². The van der Waals surface area contributed by atoms with E-state index in [1.165, 1.54) is 33.4 Å².